The van der Waals surface area contributed by atoms with E-state index in [2.05, 4.69) is 21.2 Å². The molecule has 0 atom stereocenters. The molecule has 20 heavy (non-hydrogen) atoms. The van der Waals surface area contributed by atoms with Crippen molar-refractivity contribution in [2.45, 2.75) is 6.42 Å². The predicted octanol–water partition coefficient (Wildman–Crippen LogP) is 3.37. The lowest BCUT2D eigenvalue weighted by Crippen LogP contribution is -2.25. The highest BCUT2D eigenvalue weighted by atomic mass is 79.9. The maximum atomic E-state index is 12.2. The number of halogens is 1. The molecule has 0 aliphatic carbocycles. The number of hydrogen-bond acceptors (Lipinski definition) is 2. The van der Waals surface area contributed by atoms with Crippen molar-refractivity contribution < 1.29 is 9.53 Å². The van der Waals surface area contributed by atoms with E-state index >= 15 is 0 Å². The number of alkyl halides is 1. The molecule has 1 N–H and O–H groups in total. The summed E-state index contributed by atoms with van der Waals surface area (Å²) in [5.41, 5.74) is 0.726. The second-order valence-electron chi connectivity index (χ2n) is 4.44. The first-order valence-corrected chi connectivity index (χ1v) is 7.85. The van der Waals surface area contributed by atoms with Gasteiger partial charge in [-0.1, -0.05) is 52.3 Å². The fraction of sp³-hybridized carbons (Fsp3) is 0.312. The van der Waals surface area contributed by atoms with Crippen LogP contribution in [-0.2, 0) is 4.74 Å². The number of carbonyl (C=O) groups is 1. The van der Waals surface area contributed by atoms with Crippen LogP contribution in [0.4, 0.5) is 0 Å². The van der Waals surface area contributed by atoms with Gasteiger partial charge < -0.3 is 10.1 Å². The molecule has 0 saturated carbocycles. The third-order valence-electron chi connectivity index (χ3n) is 3.01. The molecule has 1 amide bonds. The zero-order chi connectivity index (χ0) is 14.2. The van der Waals surface area contributed by atoms with Crippen LogP contribution in [0.1, 0.15) is 16.8 Å². The first kappa shape index (κ1) is 15.0. The van der Waals surface area contributed by atoms with Crippen LogP contribution >= 0.6 is 15.9 Å². The van der Waals surface area contributed by atoms with Crippen LogP contribution < -0.4 is 5.32 Å². The molecule has 4 heteroatoms. The Morgan fingerprint density at radius 2 is 1.90 bits per heavy atom. The van der Waals surface area contributed by atoms with E-state index in [1.807, 2.05) is 42.5 Å². The minimum atomic E-state index is -0.0257. The number of benzene rings is 2. The molecule has 0 spiro atoms. The van der Waals surface area contributed by atoms with Crippen LogP contribution in [0, 0.1) is 0 Å². The second kappa shape index (κ2) is 8.02. The average Bonchev–Trinajstić information content (AvgIpc) is 2.50. The summed E-state index contributed by atoms with van der Waals surface area (Å²) in [6.07, 6.45) is 0.823. The lowest BCUT2D eigenvalue weighted by atomic mass is 10.0. The summed E-state index contributed by atoms with van der Waals surface area (Å²) in [7, 11) is 0. The zero-order valence-corrected chi connectivity index (χ0v) is 12.9. The quantitative estimate of drug-likeness (QED) is 0.622. The monoisotopic (exact) mass is 335 g/mol. The summed E-state index contributed by atoms with van der Waals surface area (Å²) in [4.78, 5) is 12.2. The Kier molecular flexibility index (Phi) is 6.02. The van der Waals surface area contributed by atoms with Crippen LogP contribution in [0.2, 0.25) is 0 Å². The van der Waals surface area contributed by atoms with Crippen LogP contribution in [0.25, 0.3) is 10.8 Å². The van der Waals surface area contributed by atoms with Crippen molar-refractivity contribution in [3.8, 4) is 0 Å². The van der Waals surface area contributed by atoms with Gasteiger partial charge in [0.2, 0.25) is 0 Å². The molecule has 2 aromatic rings. The number of amides is 1. The van der Waals surface area contributed by atoms with Crippen molar-refractivity contribution in [2.24, 2.45) is 0 Å². The van der Waals surface area contributed by atoms with Crippen molar-refractivity contribution in [3.63, 3.8) is 0 Å². The molecule has 2 rings (SSSR count). The Bertz CT molecular complexity index is 566. The van der Waals surface area contributed by atoms with Crippen LogP contribution in [0.5, 0.6) is 0 Å². The highest BCUT2D eigenvalue weighted by Crippen LogP contribution is 2.18. The van der Waals surface area contributed by atoms with Gasteiger partial charge >= 0.3 is 0 Å². The van der Waals surface area contributed by atoms with Crippen LogP contribution in [0.15, 0.2) is 42.5 Å². The average molecular weight is 336 g/mol. The molecule has 106 valence electrons. The van der Waals surface area contributed by atoms with E-state index in [0.29, 0.717) is 19.8 Å². The minimum Gasteiger partial charge on any atom is -0.381 e. The number of ether oxygens (including phenoxy) is 1. The summed E-state index contributed by atoms with van der Waals surface area (Å²) >= 11 is 3.30. The lowest BCUT2D eigenvalue weighted by Gasteiger charge is -2.08. The number of hydrogen-bond donors (Lipinski definition) is 1. The molecular formula is C16H18BrNO2. The first-order chi connectivity index (χ1) is 9.83. The lowest BCUT2D eigenvalue weighted by molar-refractivity contribution is 0.0946. The van der Waals surface area contributed by atoms with Crippen molar-refractivity contribution in [3.05, 3.63) is 48.0 Å². The summed E-state index contributed by atoms with van der Waals surface area (Å²) in [5.74, 6) is -0.0257. The molecule has 0 aromatic heterocycles. The fourth-order valence-corrected chi connectivity index (χ4v) is 2.28. The van der Waals surface area contributed by atoms with E-state index in [9.17, 15) is 4.79 Å². The molecule has 0 heterocycles. The SMILES string of the molecule is O=C(NCCCOCCBr)c1cccc2ccccc12. The fourth-order valence-electron chi connectivity index (χ4n) is 2.05. The van der Waals surface area contributed by atoms with E-state index in [1.165, 1.54) is 0 Å². The van der Waals surface area contributed by atoms with Gasteiger partial charge in [0.05, 0.1) is 6.61 Å². The molecule has 0 aliphatic heterocycles. The van der Waals surface area contributed by atoms with Gasteiger partial charge in [0, 0.05) is 24.0 Å². The minimum absolute atomic E-state index is 0.0257. The van der Waals surface area contributed by atoms with Crippen molar-refractivity contribution in [2.75, 3.05) is 25.1 Å². The van der Waals surface area contributed by atoms with Gasteiger partial charge in [-0.2, -0.15) is 0 Å². The van der Waals surface area contributed by atoms with E-state index in [4.69, 9.17) is 4.74 Å². The van der Waals surface area contributed by atoms with E-state index in [1.54, 1.807) is 0 Å². The Hall–Kier alpha value is -1.39. The zero-order valence-electron chi connectivity index (χ0n) is 11.3. The van der Waals surface area contributed by atoms with Gasteiger partial charge in [0.1, 0.15) is 0 Å². The standard InChI is InChI=1S/C16H18BrNO2/c17-9-12-20-11-4-10-18-16(19)15-8-3-6-13-5-1-2-7-14(13)15/h1-3,5-8H,4,9-12H2,(H,18,19). The summed E-state index contributed by atoms with van der Waals surface area (Å²) < 4.78 is 5.34. The van der Waals surface area contributed by atoms with E-state index < -0.39 is 0 Å². The van der Waals surface area contributed by atoms with E-state index in [0.717, 1.165) is 28.1 Å². The second-order valence-corrected chi connectivity index (χ2v) is 5.23. The van der Waals surface area contributed by atoms with Crippen LogP contribution in [0.3, 0.4) is 0 Å². The Morgan fingerprint density at radius 1 is 1.10 bits per heavy atom. The third-order valence-corrected chi connectivity index (χ3v) is 3.33. The van der Waals surface area contributed by atoms with E-state index in [-0.39, 0.29) is 5.91 Å². The normalized spacial score (nSPS) is 10.7. The maximum Gasteiger partial charge on any atom is 0.251 e. The number of carbonyl (C=O) groups excluding carboxylic acids is 1. The molecule has 0 radical (unpaired) electrons. The van der Waals surface area contributed by atoms with Crippen molar-refractivity contribution in [1.29, 1.82) is 0 Å². The van der Waals surface area contributed by atoms with Crippen molar-refractivity contribution in [1.82, 2.24) is 5.32 Å². The highest BCUT2D eigenvalue weighted by Gasteiger charge is 2.08. The molecule has 0 bridgehead atoms. The van der Waals surface area contributed by atoms with Gasteiger partial charge in [-0.3, -0.25) is 4.79 Å². The summed E-state index contributed by atoms with van der Waals surface area (Å²) in [6.45, 7) is 2.00. The Labute approximate surface area is 127 Å². The molecule has 3 nitrogen and oxygen atoms in total. The third kappa shape index (κ3) is 4.05. The van der Waals surface area contributed by atoms with Crippen LogP contribution in [-0.4, -0.2) is 31.0 Å². The number of fused-ring (bicyclic) bond motifs is 1. The first-order valence-electron chi connectivity index (χ1n) is 6.72. The summed E-state index contributed by atoms with van der Waals surface area (Å²) in [6, 6.07) is 13.7. The highest BCUT2D eigenvalue weighted by molar-refractivity contribution is 9.09. The van der Waals surface area contributed by atoms with Gasteiger partial charge in [0.25, 0.3) is 5.91 Å². The van der Waals surface area contributed by atoms with Gasteiger partial charge in [-0.15, -0.1) is 0 Å². The predicted molar refractivity (Wildman–Crippen MR) is 85.5 cm³/mol. The van der Waals surface area contributed by atoms with Crippen molar-refractivity contribution >= 4 is 32.6 Å². The largest absolute Gasteiger partial charge is 0.381 e. The summed E-state index contributed by atoms with van der Waals surface area (Å²) in [5, 5.41) is 5.85. The van der Waals surface area contributed by atoms with Gasteiger partial charge in [-0.25, -0.2) is 0 Å². The smallest absolute Gasteiger partial charge is 0.251 e. The number of nitrogens with one attached hydrogen (secondary N) is 1. The molecular weight excluding hydrogens is 318 g/mol. The number of rotatable bonds is 7. The molecule has 0 unspecified atom stereocenters. The topological polar surface area (TPSA) is 38.3 Å². The Morgan fingerprint density at radius 3 is 2.75 bits per heavy atom. The molecule has 0 fully saturated rings. The molecule has 0 aliphatic rings. The molecule has 2 aromatic carbocycles. The Balaban J connectivity index is 1.91. The van der Waals surface area contributed by atoms with Gasteiger partial charge in [0.15, 0.2) is 0 Å². The maximum absolute atomic E-state index is 12.2. The van der Waals surface area contributed by atoms with Gasteiger partial charge in [-0.05, 0) is 23.3 Å². The molecule has 0 saturated heterocycles.